The number of carboxylic acid groups (broad SMARTS) is 1. The van der Waals surface area contributed by atoms with Crippen LogP contribution in [0.1, 0.15) is 18.5 Å². The molecule has 0 spiro atoms. The Labute approximate surface area is 111 Å². The zero-order chi connectivity index (χ0) is 13.7. The average Bonchev–Trinajstić information content (AvgIpc) is 2.92. The number of aliphatic carboxylic acids is 1. The van der Waals surface area contributed by atoms with Gasteiger partial charge in [0.1, 0.15) is 0 Å². The number of imidazole rings is 1. The summed E-state index contributed by atoms with van der Waals surface area (Å²) < 4.78 is 0. The quantitative estimate of drug-likeness (QED) is 0.737. The minimum atomic E-state index is -0.824. The molecule has 2 rings (SSSR count). The molecule has 7 nitrogen and oxygen atoms in total. The number of amides is 2. The number of urea groups is 1. The average molecular weight is 266 g/mol. The third kappa shape index (κ3) is 3.70. The van der Waals surface area contributed by atoms with E-state index in [0.717, 1.165) is 12.1 Å². The second-order valence-corrected chi connectivity index (χ2v) is 4.68. The maximum atomic E-state index is 11.9. The molecule has 1 saturated heterocycles. The van der Waals surface area contributed by atoms with Crippen molar-refractivity contribution in [2.24, 2.45) is 5.92 Å². The topological polar surface area (TPSA) is 98.3 Å². The van der Waals surface area contributed by atoms with Crippen LogP contribution in [0.4, 0.5) is 4.79 Å². The molecule has 2 heterocycles. The van der Waals surface area contributed by atoms with E-state index in [-0.39, 0.29) is 6.03 Å². The number of carbonyl (C=O) groups excluding carboxylic acids is 1. The Morgan fingerprint density at radius 3 is 3.11 bits per heavy atom. The van der Waals surface area contributed by atoms with Crippen LogP contribution in [0.25, 0.3) is 0 Å². The van der Waals surface area contributed by atoms with Crippen molar-refractivity contribution in [3.05, 3.63) is 18.2 Å². The monoisotopic (exact) mass is 266 g/mol. The minimum Gasteiger partial charge on any atom is -0.481 e. The van der Waals surface area contributed by atoms with Gasteiger partial charge < -0.3 is 20.3 Å². The van der Waals surface area contributed by atoms with E-state index in [1.165, 1.54) is 0 Å². The number of nitrogens with zero attached hydrogens (tertiary/aromatic N) is 2. The lowest BCUT2D eigenvalue weighted by molar-refractivity contribution is -0.143. The van der Waals surface area contributed by atoms with E-state index in [4.69, 9.17) is 5.11 Å². The van der Waals surface area contributed by atoms with Gasteiger partial charge in [-0.2, -0.15) is 0 Å². The third-order valence-corrected chi connectivity index (χ3v) is 3.28. The lowest BCUT2D eigenvalue weighted by atomic mass is 9.99. The van der Waals surface area contributed by atoms with Gasteiger partial charge in [-0.3, -0.25) is 4.79 Å². The van der Waals surface area contributed by atoms with E-state index in [2.05, 4.69) is 15.3 Å². The van der Waals surface area contributed by atoms with Crippen LogP contribution in [-0.2, 0) is 11.2 Å². The van der Waals surface area contributed by atoms with Gasteiger partial charge in [0.2, 0.25) is 0 Å². The van der Waals surface area contributed by atoms with E-state index < -0.39 is 11.9 Å². The zero-order valence-corrected chi connectivity index (χ0v) is 10.6. The van der Waals surface area contributed by atoms with Crippen LogP contribution in [0.2, 0.25) is 0 Å². The summed E-state index contributed by atoms with van der Waals surface area (Å²) in [4.78, 5) is 31.2. The predicted octanol–water partition coefficient (Wildman–Crippen LogP) is 0.458. The van der Waals surface area contributed by atoms with Gasteiger partial charge in [-0.15, -0.1) is 0 Å². The van der Waals surface area contributed by atoms with Crippen molar-refractivity contribution in [2.45, 2.75) is 19.3 Å². The van der Waals surface area contributed by atoms with Crippen LogP contribution in [0.15, 0.2) is 12.5 Å². The van der Waals surface area contributed by atoms with Crippen molar-refractivity contribution < 1.29 is 14.7 Å². The normalized spacial score (nSPS) is 19.2. The molecule has 7 heteroatoms. The third-order valence-electron chi connectivity index (χ3n) is 3.28. The van der Waals surface area contributed by atoms with Gasteiger partial charge in [0.25, 0.3) is 0 Å². The summed E-state index contributed by atoms with van der Waals surface area (Å²) in [6, 6.07) is -0.189. The molecule has 19 heavy (non-hydrogen) atoms. The van der Waals surface area contributed by atoms with Crippen molar-refractivity contribution in [2.75, 3.05) is 19.6 Å². The standard InChI is InChI=1S/C12H18N4O3/c17-11(18)9-2-1-5-16(7-9)12(19)14-4-3-10-6-13-8-15-10/h6,8-9H,1-5,7H2,(H,13,15)(H,14,19)(H,17,18). The summed E-state index contributed by atoms with van der Waals surface area (Å²) in [6.07, 6.45) is 5.38. The lowest BCUT2D eigenvalue weighted by Crippen LogP contribution is -2.47. The first-order chi connectivity index (χ1) is 9.16. The van der Waals surface area contributed by atoms with Crippen molar-refractivity contribution in [3.8, 4) is 0 Å². The van der Waals surface area contributed by atoms with Crippen LogP contribution in [-0.4, -0.2) is 51.6 Å². The predicted molar refractivity (Wildman–Crippen MR) is 67.6 cm³/mol. The summed E-state index contributed by atoms with van der Waals surface area (Å²) in [5.74, 6) is -1.26. The van der Waals surface area contributed by atoms with Gasteiger partial charge in [-0.1, -0.05) is 0 Å². The molecular weight excluding hydrogens is 248 g/mol. The van der Waals surface area contributed by atoms with Gasteiger partial charge in [0.05, 0.1) is 12.2 Å². The molecule has 1 atom stereocenters. The number of likely N-dealkylation sites (tertiary alicyclic amines) is 1. The zero-order valence-electron chi connectivity index (χ0n) is 10.6. The lowest BCUT2D eigenvalue weighted by Gasteiger charge is -2.30. The molecule has 3 N–H and O–H groups in total. The van der Waals surface area contributed by atoms with Gasteiger partial charge in [-0.05, 0) is 12.8 Å². The fraction of sp³-hybridized carbons (Fsp3) is 0.583. The molecule has 0 bridgehead atoms. The molecule has 0 aliphatic carbocycles. The Hall–Kier alpha value is -2.05. The molecule has 1 aliphatic heterocycles. The smallest absolute Gasteiger partial charge is 0.317 e. The molecule has 0 saturated carbocycles. The summed E-state index contributed by atoms with van der Waals surface area (Å²) in [5, 5.41) is 11.8. The number of carboxylic acids is 1. The van der Waals surface area contributed by atoms with Crippen LogP contribution < -0.4 is 5.32 Å². The van der Waals surface area contributed by atoms with Crippen molar-refractivity contribution in [1.82, 2.24) is 20.2 Å². The number of aromatic amines is 1. The second kappa shape index (κ2) is 6.21. The number of aromatic nitrogens is 2. The molecular formula is C12H18N4O3. The number of rotatable bonds is 4. The van der Waals surface area contributed by atoms with Crippen molar-refractivity contribution >= 4 is 12.0 Å². The fourth-order valence-electron chi connectivity index (χ4n) is 2.20. The van der Waals surface area contributed by atoms with Gasteiger partial charge >= 0.3 is 12.0 Å². The Bertz CT molecular complexity index is 432. The molecule has 0 aromatic carbocycles. The Balaban J connectivity index is 1.74. The van der Waals surface area contributed by atoms with Crippen LogP contribution in [0.3, 0.4) is 0 Å². The fourth-order valence-corrected chi connectivity index (χ4v) is 2.20. The maximum Gasteiger partial charge on any atom is 0.317 e. The number of piperidine rings is 1. The number of hydrogen-bond acceptors (Lipinski definition) is 3. The van der Waals surface area contributed by atoms with E-state index in [9.17, 15) is 9.59 Å². The van der Waals surface area contributed by atoms with E-state index in [1.54, 1.807) is 17.4 Å². The highest BCUT2D eigenvalue weighted by Gasteiger charge is 2.27. The number of carbonyl (C=O) groups is 2. The Morgan fingerprint density at radius 2 is 2.42 bits per heavy atom. The number of nitrogens with one attached hydrogen (secondary N) is 2. The SMILES string of the molecule is O=C(O)C1CCCN(C(=O)NCCc2cnc[nH]2)C1. The number of hydrogen-bond donors (Lipinski definition) is 3. The molecule has 1 aromatic rings. The van der Waals surface area contributed by atoms with Crippen LogP contribution in [0, 0.1) is 5.92 Å². The Morgan fingerprint density at radius 1 is 1.58 bits per heavy atom. The van der Waals surface area contributed by atoms with E-state index >= 15 is 0 Å². The van der Waals surface area contributed by atoms with Gasteiger partial charge in [-0.25, -0.2) is 9.78 Å². The molecule has 2 amide bonds. The highest BCUT2D eigenvalue weighted by Crippen LogP contribution is 2.16. The molecule has 1 aliphatic rings. The first-order valence-corrected chi connectivity index (χ1v) is 6.39. The molecule has 0 radical (unpaired) electrons. The molecule has 104 valence electrons. The highest BCUT2D eigenvalue weighted by molar-refractivity contribution is 5.76. The van der Waals surface area contributed by atoms with Gasteiger partial charge in [0, 0.05) is 37.9 Å². The minimum absolute atomic E-state index is 0.189. The summed E-state index contributed by atoms with van der Waals surface area (Å²) in [5.41, 5.74) is 0.961. The second-order valence-electron chi connectivity index (χ2n) is 4.68. The highest BCUT2D eigenvalue weighted by atomic mass is 16.4. The summed E-state index contributed by atoms with van der Waals surface area (Å²) in [7, 11) is 0. The molecule has 1 fully saturated rings. The number of H-pyrrole nitrogens is 1. The van der Waals surface area contributed by atoms with Crippen molar-refractivity contribution in [1.29, 1.82) is 0 Å². The summed E-state index contributed by atoms with van der Waals surface area (Å²) in [6.45, 7) is 1.43. The molecule has 1 aromatic heterocycles. The molecule has 1 unspecified atom stereocenters. The van der Waals surface area contributed by atoms with E-state index in [0.29, 0.717) is 32.5 Å². The van der Waals surface area contributed by atoms with Crippen LogP contribution in [0.5, 0.6) is 0 Å². The first kappa shape index (κ1) is 13.4. The summed E-state index contributed by atoms with van der Waals surface area (Å²) >= 11 is 0. The maximum absolute atomic E-state index is 11.9. The van der Waals surface area contributed by atoms with Crippen LogP contribution >= 0.6 is 0 Å². The van der Waals surface area contributed by atoms with Gasteiger partial charge in [0.15, 0.2) is 0 Å². The Kier molecular flexibility index (Phi) is 4.38. The largest absolute Gasteiger partial charge is 0.481 e. The van der Waals surface area contributed by atoms with Crippen molar-refractivity contribution in [3.63, 3.8) is 0 Å². The van der Waals surface area contributed by atoms with E-state index in [1.807, 2.05) is 0 Å². The first-order valence-electron chi connectivity index (χ1n) is 6.39.